The molecule has 0 saturated heterocycles. The van der Waals surface area contributed by atoms with Crippen molar-refractivity contribution >= 4 is 28.3 Å². The van der Waals surface area contributed by atoms with Crippen LogP contribution in [0.2, 0.25) is 5.02 Å². The molecular weight excluding hydrogens is 282 g/mol. The molecule has 3 nitrogen and oxygen atoms in total. The third-order valence-electron chi connectivity index (χ3n) is 3.69. The average molecular weight is 300 g/mol. The molecule has 0 spiro atoms. The van der Waals surface area contributed by atoms with E-state index in [1.807, 2.05) is 24.3 Å². The van der Waals surface area contributed by atoms with Crippen LogP contribution >= 0.6 is 11.6 Å². The minimum Gasteiger partial charge on any atom is -0.378 e. The van der Waals surface area contributed by atoms with Crippen LogP contribution in [0.5, 0.6) is 0 Å². The van der Waals surface area contributed by atoms with Gasteiger partial charge in [-0.1, -0.05) is 29.8 Å². The number of fused-ring (bicyclic) bond motifs is 1. The van der Waals surface area contributed by atoms with Crippen molar-refractivity contribution in [2.75, 3.05) is 5.32 Å². The number of hydrogen-bond donors (Lipinski definition) is 1. The maximum Gasteiger partial charge on any atom is 0.129 e. The highest BCUT2D eigenvalue weighted by atomic mass is 35.5. The number of aromatic nitrogens is 2. The van der Waals surface area contributed by atoms with Crippen LogP contribution in [0, 0.1) is 6.92 Å². The summed E-state index contributed by atoms with van der Waals surface area (Å²) in [6.07, 6.45) is 0. The van der Waals surface area contributed by atoms with Gasteiger partial charge in [0.05, 0.1) is 17.6 Å². The van der Waals surface area contributed by atoms with Gasteiger partial charge in [0.1, 0.15) is 5.82 Å². The van der Waals surface area contributed by atoms with Crippen LogP contribution in [0.4, 0.5) is 5.69 Å². The molecule has 0 unspecified atom stereocenters. The quantitative estimate of drug-likeness (QED) is 0.761. The van der Waals surface area contributed by atoms with E-state index in [1.54, 1.807) is 0 Å². The van der Waals surface area contributed by atoms with Gasteiger partial charge < -0.3 is 9.88 Å². The fourth-order valence-corrected chi connectivity index (χ4v) is 2.74. The van der Waals surface area contributed by atoms with E-state index in [0.29, 0.717) is 6.54 Å². The molecule has 0 bridgehead atoms. The first-order chi connectivity index (χ1) is 10.2. The van der Waals surface area contributed by atoms with Crippen LogP contribution in [0.15, 0.2) is 42.5 Å². The highest BCUT2D eigenvalue weighted by molar-refractivity contribution is 6.30. The second-order valence-corrected chi connectivity index (χ2v) is 5.51. The molecular formula is C17H18ClN3. The zero-order valence-corrected chi connectivity index (χ0v) is 13.0. The molecule has 3 rings (SSSR count). The van der Waals surface area contributed by atoms with E-state index in [9.17, 15) is 0 Å². The van der Waals surface area contributed by atoms with Gasteiger partial charge in [-0.05, 0) is 43.7 Å². The lowest BCUT2D eigenvalue weighted by Crippen LogP contribution is -2.08. The summed E-state index contributed by atoms with van der Waals surface area (Å²) in [5.74, 6) is 1.04. The molecule has 21 heavy (non-hydrogen) atoms. The third kappa shape index (κ3) is 2.74. The van der Waals surface area contributed by atoms with E-state index in [2.05, 4.69) is 41.9 Å². The number of nitrogens with zero attached hydrogens (tertiary/aromatic N) is 2. The lowest BCUT2D eigenvalue weighted by Gasteiger charge is -2.11. The summed E-state index contributed by atoms with van der Waals surface area (Å²) in [5.41, 5.74) is 4.45. The highest BCUT2D eigenvalue weighted by Gasteiger charge is 2.09. The van der Waals surface area contributed by atoms with Crippen molar-refractivity contribution < 1.29 is 0 Å². The topological polar surface area (TPSA) is 29.9 Å². The van der Waals surface area contributed by atoms with E-state index in [4.69, 9.17) is 16.6 Å². The lowest BCUT2D eigenvalue weighted by molar-refractivity contribution is 0.728. The van der Waals surface area contributed by atoms with Crippen LogP contribution in [0.1, 0.15) is 18.3 Å². The Balaban J connectivity index is 1.89. The Kier molecular flexibility index (Phi) is 3.84. The molecule has 1 aromatic heterocycles. The van der Waals surface area contributed by atoms with Crippen LogP contribution in [-0.2, 0) is 13.1 Å². The fraction of sp³-hybridized carbons (Fsp3) is 0.235. The van der Waals surface area contributed by atoms with Crippen LogP contribution < -0.4 is 5.32 Å². The smallest absolute Gasteiger partial charge is 0.129 e. The Hall–Kier alpha value is -2.00. The van der Waals surface area contributed by atoms with Gasteiger partial charge in [-0.2, -0.15) is 0 Å². The molecule has 0 atom stereocenters. The van der Waals surface area contributed by atoms with Gasteiger partial charge in [0, 0.05) is 17.3 Å². The Morgan fingerprint density at radius 3 is 2.81 bits per heavy atom. The lowest BCUT2D eigenvalue weighted by atomic mass is 10.2. The zero-order valence-electron chi connectivity index (χ0n) is 12.2. The summed E-state index contributed by atoms with van der Waals surface area (Å²) in [4.78, 5) is 4.72. The number of para-hydroxylation sites is 2. The van der Waals surface area contributed by atoms with Gasteiger partial charge in [-0.15, -0.1) is 0 Å². The van der Waals surface area contributed by atoms with Crippen molar-refractivity contribution in [3.8, 4) is 0 Å². The van der Waals surface area contributed by atoms with Gasteiger partial charge in [-0.25, -0.2) is 4.98 Å². The van der Waals surface area contributed by atoms with Gasteiger partial charge in [0.2, 0.25) is 0 Å². The Bertz CT molecular complexity index is 777. The minimum atomic E-state index is 0.684. The van der Waals surface area contributed by atoms with E-state index in [-0.39, 0.29) is 0 Å². The Morgan fingerprint density at radius 2 is 2.00 bits per heavy atom. The number of rotatable bonds is 4. The van der Waals surface area contributed by atoms with E-state index in [0.717, 1.165) is 28.6 Å². The summed E-state index contributed by atoms with van der Waals surface area (Å²) < 4.78 is 2.24. The molecule has 1 heterocycles. The number of aryl methyl sites for hydroxylation is 2. The second kappa shape index (κ2) is 5.78. The predicted octanol–water partition coefficient (Wildman–Crippen LogP) is 4.63. The molecule has 108 valence electrons. The SMILES string of the molecule is CCn1c(CNc2cc(Cl)ccc2C)nc2ccccc21. The normalized spacial score (nSPS) is 11.0. The van der Waals surface area contributed by atoms with Crippen molar-refractivity contribution in [2.24, 2.45) is 0 Å². The number of nitrogens with one attached hydrogen (secondary N) is 1. The van der Waals surface area contributed by atoms with Crippen molar-refractivity contribution in [1.82, 2.24) is 9.55 Å². The maximum absolute atomic E-state index is 6.06. The second-order valence-electron chi connectivity index (χ2n) is 5.07. The molecule has 0 aliphatic carbocycles. The number of hydrogen-bond acceptors (Lipinski definition) is 2. The number of halogens is 1. The molecule has 0 saturated carbocycles. The molecule has 2 aromatic carbocycles. The number of benzene rings is 2. The van der Waals surface area contributed by atoms with Gasteiger partial charge in [0.25, 0.3) is 0 Å². The van der Waals surface area contributed by atoms with Crippen molar-refractivity contribution in [2.45, 2.75) is 26.9 Å². The molecule has 4 heteroatoms. The summed E-state index contributed by atoms with van der Waals surface area (Å²) in [7, 11) is 0. The predicted molar refractivity (Wildman–Crippen MR) is 88.9 cm³/mol. The van der Waals surface area contributed by atoms with Crippen LogP contribution in [0.3, 0.4) is 0 Å². The zero-order chi connectivity index (χ0) is 14.8. The first-order valence-corrected chi connectivity index (χ1v) is 7.51. The van der Waals surface area contributed by atoms with E-state index in [1.165, 1.54) is 11.1 Å². The summed E-state index contributed by atoms with van der Waals surface area (Å²) in [5, 5.41) is 4.18. The standard InChI is InChI=1S/C17H18ClN3/c1-3-21-16-7-5-4-6-14(16)20-17(21)11-19-15-10-13(18)9-8-12(15)2/h4-10,19H,3,11H2,1-2H3. The van der Waals surface area contributed by atoms with Gasteiger partial charge >= 0.3 is 0 Å². The van der Waals surface area contributed by atoms with Crippen LogP contribution in [0.25, 0.3) is 11.0 Å². The first kappa shape index (κ1) is 14.0. The van der Waals surface area contributed by atoms with Crippen LogP contribution in [-0.4, -0.2) is 9.55 Å². The van der Waals surface area contributed by atoms with Gasteiger partial charge in [-0.3, -0.25) is 0 Å². The van der Waals surface area contributed by atoms with Gasteiger partial charge in [0.15, 0.2) is 0 Å². The summed E-state index contributed by atoms with van der Waals surface area (Å²) in [6.45, 7) is 5.81. The molecule has 0 aliphatic rings. The van der Waals surface area contributed by atoms with Crippen molar-refractivity contribution in [1.29, 1.82) is 0 Å². The monoisotopic (exact) mass is 299 g/mol. The van der Waals surface area contributed by atoms with Crippen molar-refractivity contribution in [3.05, 3.63) is 58.9 Å². The largest absolute Gasteiger partial charge is 0.378 e. The molecule has 3 aromatic rings. The third-order valence-corrected chi connectivity index (χ3v) is 3.92. The van der Waals surface area contributed by atoms with E-state index < -0.39 is 0 Å². The first-order valence-electron chi connectivity index (χ1n) is 7.13. The van der Waals surface area contributed by atoms with Crippen molar-refractivity contribution in [3.63, 3.8) is 0 Å². The maximum atomic E-state index is 6.06. The van der Waals surface area contributed by atoms with E-state index >= 15 is 0 Å². The summed E-state index contributed by atoms with van der Waals surface area (Å²) >= 11 is 6.06. The number of anilines is 1. The molecule has 0 fully saturated rings. The number of imidazole rings is 1. The molecule has 0 radical (unpaired) electrons. The highest BCUT2D eigenvalue weighted by Crippen LogP contribution is 2.22. The molecule has 0 aliphatic heterocycles. The molecule has 0 amide bonds. The Labute approximate surface area is 129 Å². The fourth-order valence-electron chi connectivity index (χ4n) is 2.57. The molecule has 1 N–H and O–H groups in total. The summed E-state index contributed by atoms with van der Waals surface area (Å²) in [6, 6.07) is 14.1. The Morgan fingerprint density at radius 1 is 1.19 bits per heavy atom. The minimum absolute atomic E-state index is 0.684. The average Bonchev–Trinajstić information content (AvgIpc) is 2.85.